The van der Waals surface area contributed by atoms with Crippen molar-refractivity contribution in [1.29, 1.82) is 0 Å². The molecule has 0 unspecified atom stereocenters. The minimum atomic E-state index is -0.537. The Kier molecular flexibility index (Phi) is 3.75. The lowest BCUT2D eigenvalue weighted by Gasteiger charge is -2.70. The predicted molar refractivity (Wildman–Crippen MR) is 101 cm³/mol. The van der Waals surface area contributed by atoms with Crippen molar-refractivity contribution < 1.29 is 19.1 Å². The average molecular weight is 375 g/mol. The summed E-state index contributed by atoms with van der Waals surface area (Å²) in [5.74, 6) is 1.81. The largest absolute Gasteiger partial charge is 0.469 e. The Bertz CT molecular complexity index is 688. The highest BCUT2D eigenvalue weighted by Crippen LogP contribution is 2.72. The molecule has 4 heteroatoms. The van der Waals surface area contributed by atoms with E-state index in [-0.39, 0.29) is 28.6 Å². The van der Waals surface area contributed by atoms with Crippen LogP contribution in [0.1, 0.15) is 72.1 Å². The lowest BCUT2D eigenvalue weighted by Crippen LogP contribution is -2.75. The second-order valence-corrected chi connectivity index (χ2v) is 10.8. The van der Waals surface area contributed by atoms with E-state index in [1.165, 1.54) is 13.5 Å². The van der Waals surface area contributed by atoms with Crippen molar-refractivity contribution >= 4 is 11.8 Å². The van der Waals surface area contributed by atoms with Crippen molar-refractivity contribution in [2.45, 2.75) is 83.8 Å². The molecule has 6 rings (SSSR count). The van der Waals surface area contributed by atoms with Crippen LogP contribution < -0.4 is 0 Å². The molecule has 27 heavy (non-hydrogen) atoms. The van der Waals surface area contributed by atoms with E-state index in [0.717, 1.165) is 38.5 Å². The quantitative estimate of drug-likeness (QED) is 0.681. The zero-order valence-corrected chi connectivity index (χ0v) is 17.3. The molecule has 4 nitrogen and oxygen atoms in total. The van der Waals surface area contributed by atoms with Gasteiger partial charge in [-0.3, -0.25) is 9.59 Å². The summed E-state index contributed by atoms with van der Waals surface area (Å²) >= 11 is 0. The first-order chi connectivity index (χ1) is 12.8. The maximum Gasteiger partial charge on any atom is 0.308 e. The Morgan fingerprint density at radius 2 is 1.89 bits per heavy atom. The molecule has 0 aromatic heterocycles. The second kappa shape index (κ2) is 5.58. The number of fused-ring (bicyclic) bond motifs is 3. The Balaban J connectivity index is 1.55. The Morgan fingerprint density at radius 3 is 2.63 bits per heavy atom. The van der Waals surface area contributed by atoms with E-state index < -0.39 is 5.60 Å². The Labute approximate surface area is 162 Å². The number of esters is 1. The average Bonchev–Trinajstić information content (AvgIpc) is 2.96. The van der Waals surface area contributed by atoms with Crippen molar-refractivity contribution in [3.8, 4) is 0 Å². The van der Waals surface area contributed by atoms with Gasteiger partial charge in [-0.1, -0.05) is 20.8 Å². The number of ether oxygens (including phenoxy) is 2. The van der Waals surface area contributed by atoms with Crippen LogP contribution >= 0.6 is 0 Å². The molecule has 0 aromatic carbocycles. The number of carbonyl (C=O) groups is 2. The molecule has 2 heterocycles. The first-order valence-corrected chi connectivity index (χ1v) is 11.1. The van der Waals surface area contributed by atoms with Crippen LogP contribution in [0, 0.1) is 40.4 Å². The van der Waals surface area contributed by atoms with Crippen LogP contribution in [0.25, 0.3) is 0 Å². The summed E-state index contributed by atoms with van der Waals surface area (Å²) in [5.41, 5.74) is -0.608. The summed E-state index contributed by atoms with van der Waals surface area (Å²) in [5, 5.41) is 0. The number of hydrogen-bond acceptors (Lipinski definition) is 4. The molecule has 1 spiro atoms. The second-order valence-electron chi connectivity index (χ2n) is 10.8. The summed E-state index contributed by atoms with van der Waals surface area (Å²) in [7, 11) is 1.48. The van der Waals surface area contributed by atoms with Gasteiger partial charge in [0.25, 0.3) is 0 Å². The number of ketones is 1. The van der Waals surface area contributed by atoms with Gasteiger partial charge in [0, 0.05) is 11.8 Å². The third-order valence-corrected chi connectivity index (χ3v) is 10.1. The molecule has 6 aliphatic rings. The summed E-state index contributed by atoms with van der Waals surface area (Å²) in [4.78, 5) is 26.1. The van der Waals surface area contributed by atoms with Crippen LogP contribution in [-0.4, -0.2) is 30.6 Å². The summed E-state index contributed by atoms with van der Waals surface area (Å²) < 4.78 is 11.8. The molecule has 4 bridgehead atoms. The van der Waals surface area contributed by atoms with E-state index in [0.29, 0.717) is 36.1 Å². The van der Waals surface area contributed by atoms with Gasteiger partial charge in [-0.25, -0.2) is 0 Å². The fourth-order valence-corrected chi connectivity index (χ4v) is 8.83. The van der Waals surface area contributed by atoms with E-state index in [4.69, 9.17) is 9.47 Å². The van der Waals surface area contributed by atoms with Gasteiger partial charge in [0.05, 0.1) is 19.1 Å². The van der Waals surface area contributed by atoms with Crippen LogP contribution in [0.3, 0.4) is 0 Å². The van der Waals surface area contributed by atoms with Gasteiger partial charge in [0.1, 0.15) is 5.60 Å². The Morgan fingerprint density at radius 1 is 1.15 bits per heavy atom. The van der Waals surface area contributed by atoms with Gasteiger partial charge >= 0.3 is 5.97 Å². The van der Waals surface area contributed by atoms with Crippen molar-refractivity contribution in [3.05, 3.63) is 0 Å². The normalized spacial score (nSPS) is 54.2. The van der Waals surface area contributed by atoms with Crippen LogP contribution in [-0.2, 0) is 19.1 Å². The number of rotatable bonds is 2. The lowest BCUT2D eigenvalue weighted by atomic mass is 9.40. The van der Waals surface area contributed by atoms with Crippen molar-refractivity contribution in [3.63, 3.8) is 0 Å². The minimum absolute atomic E-state index is 0.0229. The minimum Gasteiger partial charge on any atom is -0.469 e. The molecule has 2 aliphatic heterocycles. The van der Waals surface area contributed by atoms with E-state index in [2.05, 4.69) is 13.8 Å². The number of carbonyl (C=O) groups excluding carboxylic acids is 2. The van der Waals surface area contributed by atoms with Crippen molar-refractivity contribution in [2.75, 3.05) is 7.11 Å². The van der Waals surface area contributed by atoms with Gasteiger partial charge in [-0.05, 0) is 74.0 Å². The molecular formula is C23H34O4. The smallest absolute Gasteiger partial charge is 0.308 e. The number of hydrogen-bond donors (Lipinski definition) is 0. The molecule has 4 aliphatic carbocycles. The topological polar surface area (TPSA) is 52.6 Å². The molecule has 0 aromatic rings. The molecule has 4 saturated carbocycles. The summed E-state index contributed by atoms with van der Waals surface area (Å²) in [6.45, 7) is 6.65. The highest BCUT2D eigenvalue weighted by atomic mass is 16.5. The van der Waals surface area contributed by atoms with Crippen molar-refractivity contribution in [1.82, 2.24) is 0 Å². The van der Waals surface area contributed by atoms with Crippen LogP contribution in [0.2, 0.25) is 0 Å². The maximum absolute atomic E-state index is 13.9. The zero-order valence-electron chi connectivity index (χ0n) is 17.3. The molecule has 0 amide bonds. The first kappa shape index (κ1) is 18.1. The number of Topliss-reactive ketones (excluding diaryl/α,β-unsaturated/α-hetero) is 1. The van der Waals surface area contributed by atoms with Gasteiger partial charge in [0.2, 0.25) is 0 Å². The monoisotopic (exact) mass is 374 g/mol. The highest BCUT2D eigenvalue weighted by molar-refractivity contribution is 5.91. The van der Waals surface area contributed by atoms with Gasteiger partial charge < -0.3 is 9.47 Å². The summed E-state index contributed by atoms with van der Waals surface area (Å²) in [6, 6.07) is 0. The van der Waals surface area contributed by atoms with Crippen LogP contribution in [0.4, 0.5) is 0 Å². The van der Waals surface area contributed by atoms with Gasteiger partial charge in [-0.15, -0.1) is 0 Å². The maximum atomic E-state index is 13.9. The molecule has 0 N–H and O–H groups in total. The van der Waals surface area contributed by atoms with Gasteiger partial charge in [0.15, 0.2) is 5.78 Å². The summed E-state index contributed by atoms with van der Waals surface area (Å²) in [6.07, 6.45) is 8.82. The molecule has 9 atom stereocenters. The molecule has 2 saturated heterocycles. The standard InChI is InChI=1S/C23H34O4/c1-13(20(25)26-4)16-7-8-17-18-6-5-14-11-15-9-10-22(14,3)23(18,27-15)19(24)12-21(16,17)2/h13-18H,5-12H2,1-4H3/t13-,14-,15-,16+,17+,18-,21-,22+,23+/m1/s1. The lowest BCUT2D eigenvalue weighted by molar-refractivity contribution is -0.307. The van der Waals surface area contributed by atoms with Crippen molar-refractivity contribution in [2.24, 2.45) is 40.4 Å². The fourth-order valence-electron chi connectivity index (χ4n) is 8.83. The first-order valence-electron chi connectivity index (χ1n) is 11.1. The van der Waals surface area contributed by atoms with E-state index in [1.807, 2.05) is 6.92 Å². The predicted octanol–water partition coefficient (Wildman–Crippen LogP) is 4.15. The number of methoxy groups -OCH3 is 1. The third kappa shape index (κ3) is 1.99. The highest BCUT2D eigenvalue weighted by Gasteiger charge is 2.74. The van der Waals surface area contributed by atoms with Gasteiger partial charge in [-0.2, -0.15) is 0 Å². The molecule has 6 fully saturated rings. The SMILES string of the molecule is COC(=O)[C@H](C)[C@@H]1CC[C@H]2[C@H]3CC[C@@H]4C[C@H]5CC[C@]4(C)[C@@]3(O5)C(=O)C[C@@]21C. The van der Waals surface area contributed by atoms with Crippen LogP contribution in [0.5, 0.6) is 0 Å². The Hall–Kier alpha value is -0.900. The zero-order chi connectivity index (χ0) is 19.2. The molecule has 150 valence electrons. The van der Waals surface area contributed by atoms with E-state index in [9.17, 15) is 9.59 Å². The molecular weight excluding hydrogens is 340 g/mol. The van der Waals surface area contributed by atoms with E-state index >= 15 is 0 Å². The van der Waals surface area contributed by atoms with E-state index in [1.54, 1.807) is 0 Å². The fraction of sp³-hybridized carbons (Fsp3) is 0.913. The molecule has 0 radical (unpaired) electrons. The van der Waals surface area contributed by atoms with Crippen LogP contribution in [0.15, 0.2) is 0 Å². The third-order valence-electron chi connectivity index (χ3n) is 10.1.